The van der Waals surface area contributed by atoms with E-state index in [2.05, 4.69) is 26.2 Å². The Labute approximate surface area is 75.9 Å². The molecular weight excluding hydrogens is 230 g/mol. The van der Waals surface area contributed by atoms with Gasteiger partial charge in [-0.3, -0.25) is 4.79 Å². The smallest absolute Gasteiger partial charge is 0.239 e. The van der Waals surface area contributed by atoms with Crippen LogP contribution in [0.4, 0.5) is 5.13 Å². The predicted molar refractivity (Wildman–Crippen MR) is 47.5 cm³/mol. The van der Waals surface area contributed by atoms with E-state index in [1.54, 1.807) is 6.20 Å². The molecule has 0 radical (unpaired) electrons. The summed E-state index contributed by atoms with van der Waals surface area (Å²) >= 11 is 4.57. The Hall–Kier alpha value is -0.460. The van der Waals surface area contributed by atoms with Gasteiger partial charge in [0, 0.05) is 0 Å². The number of carbonyl (C=O) groups is 1. The van der Waals surface area contributed by atoms with Crippen LogP contribution in [0.3, 0.4) is 0 Å². The normalized spacial score (nSPS) is 9.64. The molecule has 1 amide bonds. The summed E-state index contributed by atoms with van der Waals surface area (Å²) in [5, 5.41) is 3.09. The maximum atomic E-state index is 10.7. The molecule has 0 spiro atoms. The van der Waals surface area contributed by atoms with E-state index in [0.717, 1.165) is 3.79 Å². The molecule has 1 aromatic rings. The van der Waals surface area contributed by atoms with Gasteiger partial charge in [-0.2, -0.15) is 0 Å². The second kappa shape index (κ2) is 3.80. The molecule has 0 fully saturated rings. The highest BCUT2D eigenvalue weighted by Crippen LogP contribution is 2.22. The topological polar surface area (TPSA) is 68.0 Å². The number of carbonyl (C=O) groups excluding carboxylic acids is 1. The second-order valence-corrected chi connectivity index (χ2v) is 4.13. The Morgan fingerprint density at radius 1 is 1.91 bits per heavy atom. The van der Waals surface area contributed by atoms with Crippen LogP contribution in [0.25, 0.3) is 0 Å². The molecule has 0 aliphatic heterocycles. The molecule has 0 aliphatic carbocycles. The SMILES string of the molecule is NCC(=O)Nc1ncc(Br)s1. The Kier molecular flexibility index (Phi) is 2.98. The summed E-state index contributed by atoms with van der Waals surface area (Å²) in [5.74, 6) is -0.230. The molecule has 0 aliphatic rings. The number of rotatable bonds is 2. The van der Waals surface area contributed by atoms with Gasteiger partial charge in [0.25, 0.3) is 0 Å². The molecule has 6 heteroatoms. The molecule has 0 saturated carbocycles. The van der Waals surface area contributed by atoms with E-state index < -0.39 is 0 Å². The van der Waals surface area contributed by atoms with E-state index in [1.807, 2.05) is 0 Å². The zero-order valence-corrected chi connectivity index (χ0v) is 7.91. The minimum atomic E-state index is -0.230. The van der Waals surface area contributed by atoms with Gasteiger partial charge in [0.15, 0.2) is 5.13 Å². The molecule has 0 bridgehead atoms. The monoisotopic (exact) mass is 235 g/mol. The van der Waals surface area contributed by atoms with Gasteiger partial charge in [-0.1, -0.05) is 11.3 Å². The van der Waals surface area contributed by atoms with Crippen LogP contribution in [0.5, 0.6) is 0 Å². The number of thiazole rings is 1. The number of hydrogen-bond acceptors (Lipinski definition) is 4. The maximum Gasteiger partial charge on any atom is 0.239 e. The van der Waals surface area contributed by atoms with Crippen LogP contribution in [-0.4, -0.2) is 17.4 Å². The zero-order valence-electron chi connectivity index (χ0n) is 5.50. The molecule has 0 unspecified atom stereocenters. The van der Waals surface area contributed by atoms with Gasteiger partial charge in [0.2, 0.25) is 5.91 Å². The third-order valence-corrected chi connectivity index (χ3v) is 2.30. The molecule has 3 N–H and O–H groups in total. The Morgan fingerprint density at radius 2 is 2.64 bits per heavy atom. The predicted octanol–water partition coefficient (Wildman–Crippen LogP) is 0.803. The summed E-state index contributed by atoms with van der Waals surface area (Å²) in [6.45, 7) is -0.0167. The van der Waals surface area contributed by atoms with Crippen molar-refractivity contribution in [3.8, 4) is 0 Å². The first-order valence-electron chi connectivity index (χ1n) is 2.83. The van der Waals surface area contributed by atoms with Gasteiger partial charge in [-0.05, 0) is 15.9 Å². The van der Waals surface area contributed by atoms with Crippen LogP contribution in [0.1, 0.15) is 0 Å². The van der Waals surface area contributed by atoms with Gasteiger partial charge >= 0.3 is 0 Å². The van der Waals surface area contributed by atoms with Crippen LogP contribution in [0.2, 0.25) is 0 Å². The minimum Gasteiger partial charge on any atom is -0.322 e. The maximum absolute atomic E-state index is 10.7. The summed E-state index contributed by atoms with van der Waals surface area (Å²) in [6.07, 6.45) is 1.62. The van der Waals surface area contributed by atoms with Gasteiger partial charge in [0.1, 0.15) is 0 Å². The van der Waals surface area contributed by atoms with E-state index in [-0.39, 0.29) is 12.5 Å². The average molecular weight is 236 g/mol. The minimum absolute atomic E-state index is 0.0167. The van der Waals surface area contributed by atoms with Crippen molar-refractivity contribution in [2.75, 3.05) is 11.9 Å². The van der Waals surface area contributed by atoms with Crippen molar-refractivity contribution in [2.24, 2.45) is 5.73 Å². The molecule has 0 aromatic carbocycles. The molecular formula is C5H6BrN3OS. The molecule has 60 valence electrons. The summed E-state index contributed by atoms with van der Waals surface area (Å²) in [4.78, 5) is 14.6. The molecule has 11 heavy (non-hydrogen) atoms. The molecule has 0 atom stereocenters. The van der Waals surface area contributed by atoms with Crippen LogP contribution in [0.15, 0.2) is 9.98 Å². The van der Waals surface area contributed by atoms with Gasteiger partial charge in [-0.15, -0.1) is 0 Å². The largest absolute Gasteiger partial charge is 0.322 e. The average Bonchev–Trinajstić information content (AvgIpc) is 2.35. The van der Waals surface area contributed by atoms with E-state index in [1.165, 1.54) is 11.3 Å². The van der Waals surface area contributed by atoms with Gasteiger partial charge in [0.05, 0.1) is 16.5 Å². The Balaban J connectivity index is 2.57. The van der Waals surface area contributed by atoms with E-state index in [0.29, 0.717) is 5.13 Å². The fourth-order valence-electron chi connectivity index (χ4n) is 0.483. The van der Waals surface area contributed by atoms with Crippen LogP contribution < -0.4 is 11.1 Å². The van der Waals surface area contributed by atoms with E-state index >= 15 is 0 Å². The number of amides is 1. The summed E-state index contributed by atoms with van der Waals surface area (Å²) in [5.41, 5.74) is 5.08. The quantitative estimate of drug-likeness (QED) is 0.798. The van der Waals surface area contributed by atoms with Crippen molar-refractivity contribution in [3.63, 3.8) is 0 Å². The number of aromatic nitrogens is 1. The number of nitrogens with zero attached hydrogens (tertiary/aromatic N) is 1. The third kappa shape index (κ3) is 2.57. The highest BCUT2D eigenvalue weighted by Gasteiger charge is 2.02. The van der Waals surface area contributed by atoms with Crippen molar-refractivity contribution in [1.29, 1.82) is 0 Å². The first-order valence-corrected chi connectivity index (χ1v) is 4.44. The van der Waals surface area contributed by atoms with E-state index in [4.69, 9.17) is 5.73 Å². The number of halogens is 1. The zero-order chi connectivity index (χ0) is 8.27. The molecule has 0 saturated heterocycles. The van der Waals surface area contributed by atoms with Crippen molar-refractivity contribution < 1.29 is 4.79 Å². The van der Waals surface area contributed by atoms with Crippen LogP contribution >= 0.6 is 27.3 Å². The number of nitrogens with two attached hydrogens (primary N) is 1. The Bertz CT molecular complexity index is 262. The Morgan fingerprint density at radius 3 is 3.09 bits per heavy atom. The lowest BCUT2D eigenvalue weighted by atomic mass is 10.6. The number of anilines is 1. The first-order chi connectivity index (χ1) is 5.22. The summed E-state index contributed by atoms with van der Waals surface area (Å²) < 4.78 is 0.879. The summed E-state index contributed by atoms with van der Waals surface area (Å²) in [6, 6.07) is 0. The first kappa shape index (κ1) is 8.63. The third-order valence-electron chi connectivity index (χ3n) is 0.909. The van der Waals surface area contributed by atoms with Crippen LogP contribution in [0, 0.1) is 0 Å². The fourth-order valence-corrected chi connectivity index (χ4v) is 1.61. The van der Waals surface area contributed by atoms with Crippen LogP contribution in [-0.2, 0) is 4.79 Å². The highest BCUT2D eigenvalue weighted by molar-refractivity contribution is 9.11. The fraction of sp³-hybridized carbons (Fsp3) is 0.200. The standard InChI is InChI=1S/C5H6BrN3OS/c6-3-2-8-5(11-3)9-4(10)1-7/h2H,1,7H2,(H,8,9,10). The van der Waals surface area contributed by atoms with Gasteiger partial charge in [-0.25, -0.2) is 4.98 Å². The molecule has 1 heterocycles. The highest BCUT2D eigenvalue weighted by atomic mass is 79.9. The molecule has 4 nitrogen and oxygen atoms in total. The van der Waals surface area contributed by atoms with Crippen molar-refractivity contribution in [3.05, 3.63) is 9.98 Å². The van der Waals surface area contributed by atoms with Gasteiger partial charge < -0.3 is 11.1 Å². The van der Waals surface area contributed by atoms with Crippen molar-refractivity contribution in [1.82, 2.24) is 4.98 Å². The van der Waals surface area contributed by atoms with E-state index in [9.17, 15) is 4.79 Å². The number of hydrogen-bond donors (Lipinski definition) is 2. The molecule has 1 aromatic heterocycles. The number of nitrogens with one attached hydrogen (secondary N) is 1. The van der Waals surface area contributed by atoms with Crippen molar-refractivity contribution >= 4 is 38.3 Å². The second-order valence-electron chi connectivity index (χ2n) is 1.72. The van der Waals surface area contributed by atoms with Crippen molar-refractivity contribution in [2.45, 2.75) is 0 Å². The lowest BCUT2D eigenvalue weighted by molar-refractivity contribution is -0.114. The lowest BCUT2D eigenvalue weighted by Crippen LogP contribution is -2.21. The lowest BCUT2D eigenvalue weighted by Gasteiger charge is -1.94. The molecule has 1 rings (SSSR count). The summed E-state index contributed by atoms with van der Waals surface area (Å²) in [7, 11) is 0.